The number of aromatic nitrogens is 4. The molecule has 0 spiro atoms. The highest BCUT2D eigenvalue weighted by Gasteiger charge is 2.32. The Hall–Kier alpha value is -3.16. The van der Waals surface area contributed by atoms with Crippen LogP contribution in [0.1, 0.15) is 41.9 Å². The Labute approximate surface area is 176 Å². The standard InChI is InChI=1S/C22H28FN7/c1-12-6-7-17(23)22-21(12)16(14(3)25-22)8-9-24-18-11-19(27-15(4)26-18)28-20-10-13(2)29-30(20)5/h6-7,10-11,14,16,25H,8-9H2,1-5H3,(H2,24,26,27,28). The summed E-state index contributed by atoms with van der Waals surface area (Å²) in [5.74, 6) is 3.11. The van der Waals surface area contributed by atoms with E-state index in [-0.39, 0.29) is 17.8 Å². The monoisotopic (exact) mass is 409 g/mol. The molecule has 0 radical (unpaired) electrons. The van der Waals surface area contributed by atoms with Crippen molar-refractivity contribution in [2.75, 3.05) is 22.5 Å². The molecule has 30 heavy (non-hydrogen) atoms. The van der Waals surface area contributed by atoms with Gasteiger partial charge in [0.15, 0.2) is 0 Å². The van der Waals surface area contributed by atoms with Crippen molar-refractivity contribution in [3.63, 3.8) is 0 Å². The average Bonchev–Trinajstić information content (AvgIpc) is 3.17. The van der Waals surface area contributed by atoms with E-state index in [0.29, 0.717) is 17.3 Å². The van der Waals surface area contributed by atoms with E-state index in [9.17, 15) is 4.39 Å². The molecule has 0 amide bonds. The maximum Gasteiger partial charge on any atom is 0.146 e. The number of fused-ring (bicyclic) bond motifs is 1. The molecule has 4 rings (SSSR count). The Kier molecular flexibility index (Phi) is 5.32. The Balaban J connectivity index is 1.45. The lowest BCUT2D eigenvalue weighted by molar-refractivity contribution is 0.596. The van der Waals surface area contributed by atoms with Gasteiger partial charge in [-0.15, -0.1) is 0 Å². The van der Waals surface area contributed by atoms with Gasteiger partial charge < -0.3 is 16.0 Å². The van der Waals surface area contributed by atoms with Crippen LogP contribution in [0.25, 0.3) is 0 Å². The minimum absolute atomic E-state index is 0.176. The third-order valence-electron chi connectivity index (χ3n) is 5.62. The van der Waals surface area contributed by atoms with E-state index >= 15 is 0 Å². The Morgan fingerprint density at radius 3 is 2.63 bits per heavy atom. The van der Waals surface area contributed by atoms with Crippen molar-refractivity contribution in [1.82, 2.24) is 19.7 Å². The van der Waals surface area contributed by atoms with Crippen molar-refractivity contribution in [1.29, 1.82) is 0 Å². The molecule has 7 nitrogen and oxygen atoms in total. The topological polar surface area (TPSA) is 79.7 Å². The number of halogens is 1. The van der Waals surface area contributed by atoms with Gasteiger partial charge in [-0.2, -0.15) is 5.10 Å². The molecule has 0 saturated heterocycles. The fraction of sp³-hybridized carbons (Fsp3) is 0.409. The molecule has 1 aromatic carbocycles. The molecule has 2 unspecified atom stereocenters. The van der Waals surface area contributed by atoms with Crippen molar-refractivity contribution in [2.24, 2.45) is 7.05 Å². The number of benzene rings is 1. The van der Waals surface area contributed by atoms with Crippen LogP contribution in [0.5, 0.6) is 0 Å². The first-order valence-electron chi connectivity index (χ1n) is 10.2. The first-order valence-corrected chi connectivity index (χ1v) is 10.2. The molecule has 1 aliphatic rings. The van der Waals surface area contributed by atoms with Gasteiger partial charge in [0.25, 0.3) is 0 Å². The fourth-order valence-electron chi connectivity index (χ4n) is 4.23. The minimum atomic E-state index is -0.176. The highest BCUT2D eigenvalue weighted by Crippen LogP contribution is 2.41. The fourth-order valence-corrected chi connectivity index (χ4v) is 4.23. The van der Waals surface area contributed by atoms with E-state index in [4.69, 9.17) is 0 Å². The van der Waals surface area contributed by atoms with Crippen molar-refractivity contribution in [3.8, 4) is 0 Å². The van der Waals surface area contributed by atoms with E-state index in [1.807, 2.05) is 46.0 Å². The van der Waals surface area contributed by atoms with Gasteiger partial charge in [-0.1, -0.05) is 6.07 Å². The molecule has 0 saturated carbocycles. The predicted molar refractivity (Wildman–Crippen MR) is 118 cm³/mol. The minimum Gasteiger partial charge on any atom is -0.379 e. The normalized spacial score (nSPS) is 17.5. The van der Waals surface area contributed by atoms with Gasteiger partial charge in [-0.05, 0) is 51.3 Å². The number of aryl methyl sites for hydroxylation is 4. The van der Waals surface area contributed by atoms with Crippen molar-refractivity contribution in [3.05, 3.63) is 52.7 Å². The lowest BCUT2D eigenvalue weighted by Gasteiger charge is -2.18. The maximum atomic E-state index is 14.2. The molecule has 3 N–H and O–H groups in total. The summed E-state index contributed by atoms with van der Waals surface area (Å²) in [5.41, 5.74) is 3.82. The first kappa shape index (κ1) is 20.1. The predicted octanol–water partition coefficient (Wildman–Crippen LogP) is 4.42. The summed E-state index contributed by atoms with van der Waals surface area (Å²) in [6, 6.07) is 7.45. The van der Waals surface area contributed by atoms with Crippen LogP contribution in [0.3, 0.4) is 0 Å². The van der Waals surface area contributed by atoms with Gasteiger partial charge in [0.2, 0.25) is 0 Å². The Morgan fingerprint density at radius 2 is 1.90 bits per heavy atom. The maximum absolute atomic E-state index is 14.2. The molecule has 1 aliphatic heterocycles. The molecule has 2 atom stereocenters. The van der Waals surface area contributed by atoms with Gasteiger partial charge >= 0.3 is 0 Å². The lowest BCUT2D eigenvalue weighted by atomic mass is 9.89. The van der Waals surface area contributed by atoms with Gasteiger partial charge in [0, 0.05) is 37.7 Å². The molecule has 8 heteroatoms. The van der Waals surface area contributed by atoms with Gasteiger partial charge in [0.1, 0.15) is 29.1 Å². The van der Waals surface area contributed by atoms with Crippen molar-refractivity contribution in [2.45, 2.75) is 46.1 Å². The Morgan fingerprint density at radius 1 is 1.13 bits per heavy atom. The molecular weight excluding hydrogens is 381 g/mol. The average molecular weight is 410 g/mol. The van der Waals surface area contributed by atoms with Crippen LogP contribution in [0.4, 0.5) is 27.5 Å². The summed E-state index contributed by atoms with van der Waals surface area (Å²) in [6.45, 7) is 8.71. The van der Waals surface area contributed by atoms with Crippen LogP contribution in [0.2, 0.25) is 0 Å². The van der Waals surface area contributed by atoms with Crippen molar-refractivity contribution >= 4 is 23.1 Å². The molecule has 0 fully saturated rings. The quantitative estimate of drug-likeness (QED) is 0.559. The summed E-state index contributed by atoms with van der Waals surface area (Å²) in [4.78, 5) is 8.98. The molecule has 3 heterocycles. The number of hydrogen-bond acceptors (Lipinski definition) is 6. The van der Waals surface area contributed by atoms with E-state index in [1.165, 1.54) is 6.07 Å². The van der Waals surface area contributed by atoms with Crippen LogP contribution in [-0.2, 0) is 7.05 Å². The molecule has 0 bridgehead atoms. The number of anilines is 4. The second kappa shape index (κ2) is 7.93. The number of nitrogens with zero attached hydrogens (tertiary/aromatic N) is 4. The number of rotatable bonds is 6. The zero-order valence-corrected chi connectivity index (χ0v) is 18.0. The smallest absolute Gasteiger partial charge is 0.146 e. The van der Waals surface area contributed by atoms with Crippen LogP contribution >= 0.6 is 0 Å². The summed E-state index contributed by atoms with van der Waals surface area (Å²) in [5, 5.41) is 14.4. The molecule has 2 aromatic heterocycles. The highest BCUT2D eigenvalue weighted by atomic mass is 19.1. The van der Waals surface area contributed by atoms with E-state index in [0.717, 1.165) is 41.4 Å². The molecule has 0 aliphatic carbocycles. The van der Waals surface area contributed by atoms with Gasteiger partial charge in [-0.3, -0.25) is 4.68 Å². The zero-order chi connectivity index (χ0) is 21.4. The third kappa shape index (κ3) is 3.94. The zero-order valence-electron chi connectivity index (χ0n) is 18.0. The summed E-state index contributed by atoms with van der Waals surface area (Å²) < 4.78 is 16.0. The van der Waals surface area contributed by atoms with E-state index < -0.39 is 0 Å². The van der Waals surface area contributed by atoms with Gasteiger partial charge in [-0.25, -0.2) is 14.4 Å². The van der Waals surface area contributed by atoms with E-state index in [2.05, 4.69) is 37.9 Å². The van der Waals surface area contributed by atoms with Crippen molar-refractivity contribution < 1.29 is 4.39 Å². The largest absolute Gasteiger partial charge is 0.379 e. The SMILES string of the molecule is Cc1cc(Nc2cc(NCCC3c4c(C)ccc(F)c4NC3C)nc(C)n2)n(C)n1. The van der Waals surface area contributed by atoms with Crippen LogP contribution < -0.4 is 16.0 Å². The third-order valence-corrected chi connectivity index (χ3v) is 5.62. The molecule has 3 aromatic rings. The molecular formula is C22H28FN7. The van der Waals surface area contributed by atoms with Crippen LogP contribution in [-0.4, -0.2) is 32.3 Å². The summed E-state index contributed by atoms with van der Waals surface area (Å²) in [7, 11) is 1.89. The van der Waals surface area contributed by atoms with Crippen LogP contribution in [0, 0.1) is 26.6 Å². The Bertz CT molecular complexity index is 1080. The van der Waals surface area contributed by atoms with Gasteiger partial charge in [0.05, 0.1) is 11.4 Å². The lowest BCUT2D eigenvalue weighted by Crippen LogP contribution is -2.19. The van der Waals surface area contributed by atoms with Crippen LogP contribution in [0.15, 0.2) is 24.3 Å². The second-order valence-corrected chi connectivity index (χ2v) is 8.01. The summed E-state index contributed by atoms with van der Waals surface area (Å²) in [6.07, 6.45) is 0.873. The number of hydrogen-bond donors (Lipinski definition) is 3. The second-order valence-electron chi connectivity index (χ2n) is 8.01. The number of nitrogens with one attached hydrogen (secondary N) is 3. The molecule has 158 valence electrons. The highest BCUT2D eigenvalue weighted by molar-refractivity contribution is 5.63. The van der Waals surface area contributed by atoms with E-state index in [1.54, 1.807) is 4.68 Å². The first-order chi connectivity index (χ1) is 14.3. The summed E-state index contributed by atoms with van der Waals surface area (Å²) >= 11 is 0.